The van der Waals surface area contributed by atoms with Crippen molar-refractivity contribution < 1.29 is 4.79 Å². The Hall–Kier alpha value is -3.00. The molecule has 3 heterocycles. The topological polar surface area (TPSA) is 80.9 Å². The van der Waals surface area contributed by atoms with Crippen LogP contribution in [0.25, 0.3) is 0 Å². The van der Waals surface area contributed by atoms with E-state index in [1.165, 1.54) is 0 Å². The van der Waals surface area contributed by atoms with Crippen LogP contribution < -0.4 is 5.32 Å². The Kier molecular flexibility index (Phi) is 4.26. The Morgan fingerprint density at radius 1 is 1.27 bits per heavy atom. The first-order valence-corrected chi connectivity index (χ1v) is 8.56. The highest BCUT2D eigenvalue weighted by Crippen LogP contribution is 2.18. The number of aromatic nitrogens is 5. The molecule has 0 saturated carbocycles. The number of carbonyl (C=O) groups excluding carboxylic acids is 1. The number of likely N-dealkylation sites (N-methyl/N-ethyl adjacent to an activating group) is 1. The van der Waals surface area contributed by atoms with Gasteiger partial charge in [0.05, 0.1) is 19.6 Å². The molecule has 1 atom stereocenters. The van der Waals surface area contributed by atoms with Gasteiger partial charge in [-0.25, -0.2) is 4.98 Å². The number of imidazole rings is 1. The van der Waals surface area contributed by atoms with Gasteiger partial charge in [0.25, 0.3) is 0 Å². The molecule has 26 heavy (non-hydrogen) atoms. The van der Waals surface area contributed by atoms with Crippen molar-refractivity contribution in [3.05, 3.63) is 59.9 Å². The number of hydrogen-bond donors (Lipinski definition) is 1. The van der Waals surface area contributed by atoms with Crippen LogP contribution in [0.3, 0.4) is 0 Å². The highest BCUT2D eigenvalue weighted by Gasteiger charge is 2.31. The summed E-state index contributed by atoms with van der Waals surface area (Å²) in [5, 5.41) is 11.2. The molecule has 2 aromatic heterocycles. The number of nitrogens with zero attached hydrogens (tertiary/aromatic N) is 6. The van der Waals surface area contributed by atoms with Crippen molar-refractivity contribution in [2.24, 2.45) is 0 Å². The average Bonchev–Trinajstić information content (AvgIpc) is 3.22. The molecule has 1 amide bonds. The standard InChI is InChI=1S/C18H21N7O/c1-13-21-22-16-12-23(2)15(11-25(13)16)17(26)20-18-19-8-9-24(18)10-14-6-4-3-5-7-14/h3-9,15H,10-12H2,1-2H3,(H,19,20,26). The maximum Gasteiger partial charge on any atom is 0.245 e. The minimum absolute atomic E-state index is 0.0771. The summed E-state index contributed by atoms with van der Waals surface area (Å²) in [6.07, 6.45) is 3.57. The van der Waals surface area contributed by atoms with Crippen molar-refractivity contribution in [1.82, 2.24) is 29.2 Å². The minimum atomic E-state index is -0.293. The van der Waals surface area contributed by atoms with Gasteiger partial charge < -0.3 is 9.13 Å². The van der Waals surface area contributed by atoms with E-state index in [-0.39, 0.29) is 11.9 Å². The van der Waals surface area contributed by atoms with Crippen LogP contribution in [0.15, 0.2) is 42.7 Å². The Morgan fingerprint density at radius 3 is 2.88 bits per heavy atom. The summed E-state index contributed by atoms with van der Waals surface area (Å²) in [6, 6.07) is 9.80. The lowest BCUT2D eigenvalue weighted by molar-refractivity contribution is -0.122. The zero-order chi connectivity index (χ0) is 18.1. The summed E-state index contributed by atoms with van der Waals surface area (Å²) in [6.45, 7) is 3.70. The predicted octanol–water partition coefficient (Wildman–Crippen LogP) is 1.28. The SMILES string of the molecule is Cc1nnc2n1CC(C(=O)Nc1nccn1Cc1ccccc1)N(C)C2. The zero-order valence-corrected chi connectivity index (χ0v) is 14.8. The van der Waals surface area contributed by atoms with Gasteiger partial charge >= 0.3 is 0 Å². The molecular weight excluding hydrogens is 330 g/mol. The van der Waals surface area contributed by atoms with Crippen LogP contribution in [0.2, 0.25) is 0 Å². The summed E-state index contributed by atoms with van der Waals surface area (Å²) >= 11 is 0. The van der Waals surface area contributed by atoms with Gasteiger partial charge in [0.15, 0.2) is 0 Å². The van der Waals surface area contributed by atoms with Gasteiger partial charge in [-0.2, -0.15) is 0 Å². The maximum absolute atomic E-state index is 12.9. The van der Waals surface area contributed by atoms with E-state index in [4.69, 9.17) is 0 Å². The van der Waals surface area contributed by atoms with Gasteiger partial charge in [-0.15, -0.1) is 10.2 Å². The Labute approximate surface area is 151 Å². The van der Waals surface area contributed by atoms with Crippen LogP contribution in [0, 0.1) is 6.92 Å². The van der Waals surface area contributed by atoms with Gasteiger partial charge in [0.2, 0.25) is 11.9 Å². The van der Waals surface area contributed by atoms with Crippen LogP contribution in [0.4, 0.5) is 5.95 Å². The summed E-state index contributed by atoms with van der Waals surface area (Å²) in [5.41, 5.74) is 1.15. The largest absolute Gasteiger partial charge is 0.313 e. The van der Waals surface area contributed by atoms with E-state index in [0.717, 1.165) is 17.2 Å². The molecule has 0 fully saturated rings. The fourth-order valence-corrected chi connectivity index (χ4v) is 3.24. The second kappa shape index (κ2) is 6.72. The molecule has 3 aromatic rings. The van der Waals surface area contributed by atoms with Gasteiger partial charge in [0.1, 0.15) is 17.7 Å². The number of hydrogen-bond acceptors (Lipinski definition) is 5. The molecule has 1 aliphatic heterocycles. The number of rotatable bonds is 4. The molecule has 0 spiro atoms. The van der Waals surface area contributed by atoms with E-state index in [1.807, 2.05) is 52.4 Å². The Morgan fingerprint density at radius 2 is 2.08 bits per heavy atom. The summed E-state index contributed by atoms with van der Waals surface area (Å²) in [4.78, 5) is 19.2. The molecule has 1 unspecified atom stereocenters. The van der Waals surface area contributed by atoms with Crippen LogP contribution in [-0.2, 0) is 24.4 Å². The molecular formula is C18H21N7O. The molecule has 1 aromatic carbocycles. The third kappa shape index (κ3) is 3.11. The molecule has 4 rings (SSSR count). The van der Waals surface area contributed by atoms with Crippen molar-refractivity contribution in [2.75, 3.05) is 12.4 Å². The maximum atomic E-state index is 12.9. The normalized spacial score (nSPS) is 17.1. The van der Waals surface area contributed by atoms with E-state index in [1.54, 1.807) is 6.20 Å². The summed E-state index contributed by atoms with van der Waals surface area (Å²) in [5.74, 6) is 2.20. The number of aryl methyl sites for hydroxylation is 1. The Balaban J connectivity index is 1.49. The van der Waals surface area contributed by atoms with E-state index in [0.29, 0.717) is 25.6 Å². The lowest BCUT2D eigenvalue weighted by Crippen LogP contribution is -2.48. The third-order valence-electron chi connectivity index (χ3n) is 4.74. The van der Waals surface area contributed by atoms with Crippen molar-refractivity contribution in [2.45, 2.75) is 32.6 Å². The first kappa shape index (κ1) is 16.5. The number of anilines is 1. The summed E-state index contributed by atoms with van der Waals surface area (Å²) in [7, 11) is 1.92. The number of fused-ring (bicyclic) bond motifs is 1. The zero-order valence-electron chi connectivity index (χ0n) is 14.8. The number of amides is 1. The predicted molar refractivity (Wildman–Crippen MR) is 96.4 cm³/mol. The second-order valence-corrected chi connectivity index (χ2v) is 6.56. The quantitative estimate of drug-likeness (QED) is 0.766. The first-order valence-electron chi connectivity index (χ1n) is 8.56. The van der Waals surface area contributed by atoms with Crippen LogP contribution in [0.1, 0.15) is 17.2 Å². The van der Waals surface area contributed by atoms with E-state index in [9.17, 15) is 4.79 Å². The molecule has 0 aliphatic carbocycles. The molecule has 0 bridgehead atoms. The number of carbonyl (C=O) groups is 1. The Bertz CT molecular complexity index is 915. The van der Waals surface area contributed by atoms with E-state index in [2.05, 4.69) is 32.6 Å². The van der Waals surface area contributed by atoms with Gasteiger partial charge in [-0.1, -0.05) is 30.3 Å². The molecule has 1 N–H and O–H groups in total. The van der Waals surface area contributed by atoms with Crippen molar-refractivity contribution in [3.8, 4) is 0 Å². The number of benzene rings is 1. The molecule has 134 valence electrons. The molecule has 0 saturated heterocycles. The first-order chi connectivity index (χ1) is 12.6. The average molecular weight is 351 g/mol. The monoisotopic (exact) mass is 351 g/mol. The van der Waals surface area contributed by atoms with E-state index >= 15 is 0 Å². The molecule has 8 heteroatoms. The highest BCUT2D eigenvalue weighted by molar-refractivity contribution is 5.93. The molecule has 8 nitrogen and oxygen atoms in total. The molecule has 1 aliphatic rings. The third-order valence-corrected chi connectivity index (χ3v) is 4.74. The number of nitrogens with one attached hydrogen (secondary N) is 1. The highest BCUT2D eigenvalue weighted by atomic mass is 16.2. The van der Waals surface area contributed by atoms with Crippen LogP contribution in [-0.4, -0.2) is 48.2 Å². The summed E-state index contributed by atoms with van der Waals surface area (Å²) < 4.78 is 3.94. The van der Waals surface area contributed by atoms with Crippen molar-refractivity contribution >= 4 is 11.9 Å². The van der Waals surface area contributed by atoms with Gasteiger partial charge in [-0.3, -0.25) is 15.0 Å². The van der Waals surface area contributed by atoms with Gasteiger partial charge in [-0.05, 0) is 19.5 Å². The molecule has 0 radical (unpaired) electrons. The lowest BCUT2D eigenvalue weighted by Gasteiger charge is -2.31. The van der Waals surface area contributed by atoms with Crippen LogP contribution in [0.5, 0.6) is 0 Å². The minimum Gasteiger partial charge on any atom is -0.313 e. The smallest absolute Gasteiger partial charge is 0.245 e. The van der Waals surface area contributed by atoms with Crippen molar-refractivity contribution in [3.63, 3.8) is 0 Å². The fourth-order valence-electron chi connectivity index (χ4n) is 3.24. The van der Waals surface area contributed by atoms with Gasteiger partial charge in [0, 0.05) is 12.4 Å². The van der Waals surface area contributed by atoms with Crippen molar-refractivity contribution in [1.29, 1.82) is 0 Å². The fraction of sp³-hybridized carbons (Fsp3) is 0.333. The van der Waals surface area contributed by atoms with Crippen LogP contribution >= 0.6 is 0 Å². The second-order valence-electron chi connectivity index (χ2n) is 6.56. The van der Waals surface area contributed by atoms with E-state index < -0.39 is 0 Å². The lowest BCUT2D eigenvalue weighted by atomic mass is 10.2.